The lowest BCUT2D eigenvalue weighted by Gasteiger charge is -2.15. The zero-order valence-electron chi connectivity index (χ0n) is 13.4. The number of carbonyl (C=O) groups is 1. The second-order valence-electron chi connectivity index (χ2n) is 5.90. The largest absolute Gasteiger partial charge is 0.495 e. The highest BCUT2D eigenvalue weighted by Gasteiger charge is 2.46. The highest BCUT2D eigenvalue weighted by molar-refractivity contribution is 5.87. The van der Waals surface area contributed by atoms with E-state index in [4.69, 9.17) is 9.47 Å². The van der Waals surface area contributed by atoms with E-state index in [9.17, 15) is 9.18 Å². The molecule has 0 bridgehead atoms. The van der Waals surface area contributed by atoms with Crippen molar-refractivity contribution in [3.8, 4) is 5.75 Å². The van der Waals surface area contributed by atoms with Crippen LogP contribution in [0.3, 0.4) is 0 Å². The van der Waals surface area contributed by atoms with Gasteiger partial charge in [-0.3, -0.25) is 4.98 Å². The molecule has 0 radical (unpaired) electrons. The van der Waals surface area contributed by atoms with Gasteiger partial charge in [0.15, 0.2) is 0 Å². The molecule has 1 aromatic heterocycles. The summed E-state index contributed by atoms with van der Waals surface area (Å²) in [6, 6.07) is 8.07. The van der Waals surface area contributed by atoms with E-state index in [1.54, 1.807) is 43.8 Å². The first-order chi connectivity index (χ1) is 11.6. The predicted octanol–water partition coefficient (Wildman–Crippen LogP) is 3.56. The van der Waals surface area contributed by atoms with Crippen LogP contribution < -0.4 is 4.74 Å². The van der Waals surface area contributed by atoms with Crippen molar-refractivity contribution in [1.29, 1.82) is 0 Å². The molecule has 1 fully saturated rings. The standard InChI is InChI=1S/C19H18FNO3/c1-23-17-10-15(12-21-13-17)4-7-18(22)24-19(8-9-19)11-14-2-5-16(20)6-3-14/h2-7,10,12-13H,8-9,11H2,1H3/b7-4+. The molecule has 0 saturated heterocycles. The van der Waals surface area contributed by atoms with Crippen molar-refractivity contribution in [3.63, 3.8) is 0 Å². The molecule has 5 heteroatoms. The smallest absolute Gasteiger partial charge is 0.331 e. The van der Waals surface area contributed by atoms with Crippen LogP contribution in [0.4, 0.5) is 4.39 Å². The van der Waals surface area contributed by atoms with Gasteiger partial charge in [0.05, 0.1) is 13.3 Å². The third kappa shape index (κ3) is 4.19. The number of nitrogens with zero attached hydrogens (tertiary/aromatic N) is 1. The second kappa shape index (κ2) is 6.83. The first kappa shape index (κ1) is 16.2. The van der Waals surface area contributed by atoms with Crippen molar-refractivity contribution < 1.29 is 18.7 Å². The van der Waals surface area contributed by atoms with Gasteiger partial charge in [0.1, 0.15) is 17.2 Å². The molecular formula is C19H18FNO3. The monoisotopic (exact) mass is 327 g/mol. The molecule has 0 spiro atoms. The Morgan fingerprint density at radius 2 is 2.04 bits per heavy atom. The third-order valence-electron chi connectivity index (χ3n) is 3.95. The van der Waals surface area contributed by atoms with Gasteiger partial charge in [-0.05, 0) is 48.2 Å². The zero-order chi connectivity index (χ0) is 17.0. The third-order valence-corrected chi connectivity index (χ3v) is 3.95. The van der Waals surface area contributed by atoms with Crippen LogP contribution in [0.15, 0.2) is 48.8 Å². The Hall–Kier alpha value is -2.69. The van der Waals surface area contributed by atoms with E-state index in [0.29, 0.717) is 12.2 Å². The van der Waals surface area contributed by atoms with Gasteiger partial charge in [-0.1, -0.05) is 12.1 Å². The van der Waals surface area contributed by atoms with E-state index < -0.39 is 11.6 Å². The van der Waals surface area contributed by atoms with E-state index in [2.05, 4.69) is 4.98 Å². The lowest BCUT2D eigenvalue weighted by atomic mass is 10.1. The normalized spacial score (nSPS) is 15.2. The van der Waals surface area contributed by atoms with Crippen LogP contribution in [-0.2, 0) is 16.0 Å². The van der Waals surface area contributed by atoms with Gasteiger partial charge in [-0.25, -0.2) is 9.18 Å². The van der Waals surface area contributed by atoms with Crippen LogP contribution >= 0.6 is 0 Å². The van der Waals surface area contributed by atoms with Gasteiger partial charge in [-0.15, -0.1) is 0 Å². The minimum atomic E-state index is -0.452. The lowest BCUT2D eigenvalue weighted by Crippen LogP contribution is -2.21. The number of carbonyl (C=O) groups excluding carboxylic acids is 1. The molecule has 1 aliphatic carbocycles. The number of esters is 1. The maximum absolute atomic E-state index is 13.0. The maximum atomic E-state index is 13.0. The second-order valence-corrected chi connectivity index (χ2v) is 5.90. The van der Waals surface area contributed by atoms with Gasteiger partial charge in [-0.2, -0.15) is 0 Å². The number of aromatic nitrogens is 1. The Kier molecular flexibility index (Phi) is 4.60. The molecule has 1 saturated carbocycles. The van der Waals surface area contributed by atoms with E-state index >= 15 is 0 Å². The summed E-state index contributed by atoms with van der Waals surface area (Å²) in [5.41, 5.74) is 1.27. The van der Waals surface area contributed by atoms with Crippen molar-refractivity contribution in [3.05, 3.63) is 65.7 Å². The Morgan fingerprint density at radius 1 is 1.29 bits per heavy atom. The van der Waals surface area contributed by atoms with Crippen molar-refractivity contribution in [2.75, 3.05) is 7.11 Å². The van der Waals surface area contributed by atoms with E-state index in [1.165, 1.54) is 18.2 Å². The predicted molar refractivity (Wildman–Crippen MR) is 88.0 cm³/mol. The van der Waals surface area contributed by atoms with E-state index in [0.717, 1.165) is 24.0 Å². The fraction of sp³-hybridized carbons (Fsp3) is 0.263. The Bertz CT molecular complexity index is 751. The Morgan fingerprint density at radius 3 is 2.71 bits per heavy atom. The molecule has 0 atom stereocenters. The van der Waals surface area contributed by atoms with Gasteiger partial charge >= 0.3 is 5.97 Å². The van der Waals surface area contributed by atoms with Gasteiger partial charge in [0, 0.05) is 18.7 Å². The number of pyridine rings is 1. The van der Waals surface area contributed by atoms with E-state index in [1.807, 2.05) is 0 Å². The highest BCUT2D eigenvalue weighted by Crippen LogP contribution is 2.42. The molecule has 24 heavy (non-hydrogen) atoms. The number of halogens is 1. The summed E-state index contributed by atoms with van der Waals surface area (Å²) in [5, 5.41) is 0. The first-order valence-corrected chi connectivity index (χ1v) is 7.73. The van der Waals surface area contributed by atoms with Crippen molar-refractivity contribution in [2.24, 2.45) is 0 Å². The molecule has 0 amide bonds. The maximum Gasteiger partial charge on any atom is 0.331 e. The molecule has 1 heterocycles. The van der Waals surface area contributed by atoms with Crippen LogP contribution in [0.25, 0.3) is 6.08 Å². The molecule has 4 nitrogen and oxygen atoms in total. The van der Waals surface area contributed by atoms with Crippen LogP contribution in [0.5, 0.6) is 5.75 Å². The van der Waals surface area contributed by atoms with Crippen molar-refractivity contribution >= 4 is 12.0 Å². The zero-order valence-corrected chi connectivity index (χ0v) is 13.4. The minimum Gasteiger partial charge on any atom is -0.495 e. The van der Waals surface area contributed by atoms with Crippen LogP contribution in [-0.4, -0.2) is 23.7 Å². The number of benzene rings is 1. The fourth-order valence-corrected chi connectivity index (χ4v) is 2.48. The Balaban J connectivity index is 1.59. The number of hydrogen-bond donors (Lipinski definition) is 0. The fourth-order valence-electron chi connectivity index (χ4n) is 2.48. The topological polar surface area (TPSA) is 48.4 Å². The molecule has 124 valence electrons. The molecule has 0 unspecified atom stereocenters. The minimum absolute atomic E-state index is 0.268. The number of hydrogen-bond acceptors (Lipinski definition) is 4. The Labute approximate surface area is 139 Å². The van der Waals surface area contributed by atoms with Gasteiger partial charge in [0.25, 0.3) is 0 Å². The van der Waals surface area contributed by atoms with Crippen LogP contribution in [0.2, 0.25) is 0 Å². The SMILES string of the molecule is COc1cncc(/C=C/C(=O)OC2(Cc3ccc(F)cc3)CC2)c1. The summed E-state index contributed by atoms with van der Waals surface area (Å²) in [6.07, 6.45) is 8.52. The lowest BCUT2D eigenvalue weighted by molar-refractivity contribution is -0.144. The summed E-state index contributed by atoms with van der Waals surface area (Å²) < 4.78 is 23.6. The number of rotatable bonds is 6. The molecule has 0 N–H and O–H groups in total. The molecule has 1 aromatic carbocycles. The molecule has 1 aliphatic rings. The molecule has 3 rings (SSSR count). The summed E-state index contributed by atoms with van der Waals surface area (Å²) in [5.74, 6) is -0.0339. The average Bonchev–Trinajstić information content (AvgIpc) is 3.34. The van der Waals surface area contributed by atoms with Gasteiger partial charge in [0.2, 0.25) is 0 Å². The summed E-state index contributed by atoms with van der Waals surface area (Å²) in [4.78, 5) is 16.1. The quantitative estimate of drug-likeness (QED) is 0.601. The molecular weight excluding hydrogens is 309 g/mol. The summed E-state index contributed by atoms with van der Waals surface area (Å²) in [7, 11) is 1.56. The van der Waals surface area contributed by atoms with Crippen molar-refractivity contribution in [2.45, 2.75) is 24.9 Å². The number of ether oxygens (including phenoxy) is 2. The first-order valence-electron chi connectivity index (χ1n) is 7.73. The van der Waals surface area contributed by atoms with Crippen molar-refractivity contribution in [1.82, 2.24) is 4.98 Å². The summed E-state index contributed by atoms with van der Waals surface area (Å²) >= 11 is 0. The number of methoxy groups -OCH3 is 1. The van der Waals surface area contributed by atoms with Crippen LogP contribution in [0, 0.1) is 5.82 Å². The van der Waals surface area contributed by atoms with E-state index in [-0.39, 0.29) is 5.82 Å². The average molecular weight is 327 g/mol. The van der Waals surface area contributed by atoms with Crippen LogP contribution in [0.1, 0.15) is 24.0 Å². The van der Waals surface area contributed by atoms with Gasteiger partial charge < -0.3 is 9.47 Å². The molecule has 0 aliphatic heterocycles. The summed E-state index contributed by atoms with van der Waals surface area (Å²) in [6.45, 7) is 0. The highest BCUT2D eigenvalue weighted by atomic mass is 19.1. The molecule has 2 aromatic rings.